The Morgan fingerprint density at radius 3 is 1.18 bits per heavy atom. The molecule has 0 rings (SSSR count). The predicted octanol–water partition coefficient (Wildman–Crippen LogP) is 12.4. The highest BCUT2D eigenvalue weighted by atomic mass is 16.3. The van der Waals surface area contributed by atoms with Crippen LogP contribution in [-0.4, -0.2) is 46.1 Å². The van der Waals surface area contributed by atoms with Crippen molar-refractivity contribution in [1.82, 2.24) is 5.32 Å². The maximum Gasteiger partial charge on any atom is 0.220 e. The molecule has 0 aromatic heterocycles. The second-order valence-electron chi connectivity index (χ2n) is 15.3. The minimum absolute atomic E-state index is 0.152. The minimum Gasteiger partial charge on any atom is -0.394 e. The van der Waals surface area contributed by atoms with Crippen LogP contribution < -0.4 is 5.32 Å². The van der Waals surface area contributed by atoms with E-state index in [2.05, 4.69) is 31.3 Å². The fourth-order valence-electron chi connectivity index (χ4n) is 6.93. The van der Waals surface area contributed by atoms with E-state index in [0.717, 1.165) is 38.5 Å². The number of hydrogen-bond acceptors (Lipinski definition) is 4. The van der Waals surface area contributed by atoms with Crippen molar-refractivity contribution < 1.29 is 20.1 Å². The first-order chi connectivity index (χ1) is 24.1. The van der Waals surface area contributed by atoms with Crippen LogP contribution in [0, 0.1) is 0 Å². The Balaban J connectivity index is 3.52. The van der Waals surface area contributed by atoms with Gasteiger partial charge in [-0.1, -0.05) is 206 Å². The predicted molar refractivity (Wildman–Crippen MR) is 213 cm³/mol. The molecule has 0 spiro atoms. The number of nitrogens with one attached hydrogen (secondary N) is 1. The molecular weight excluding hydrogens is 606 g/mol. The molecule has 3 atom stereocenters. The lowest BCUT2D eigenvalue weighted by Gasteiger charge is -2.26. The summed E-state index contributed by atoms with van der Waals surface area (Å²) in [7, 11) is 0. The zero-order valence-corrected chi connectivity index (χ0v) is 33.1. The van der Waals surface area contributed by atoms with Crippen molar-refractivity contribution in [2.45, 2.75) is 257 Å². The molecule has 1 amide bonds. The highest BCUT2D eigenvalue weighted by Crippen LogP contribution is 2.16. The average molecular weight is 694 g/mol. The molecule has 0 radical (unpaired) electrons. The first kappa shape index (κ1) is 48.1. The molecule has 0 aliphatic carbocycles. The van der Waals surface area contributed by atoms with E-state index < -0.39 is 18.2 Å². The number of carbonyl (C=O) groups excluding carboxylic acids is 1. The van der Waals surface area contributed by atoms with E-state index in [4.69, 9.17) is 0 Å². The van der Waals surface area contributed by atoms with E-state index >= 15 is 0 Å². The molecule has 0 aliphatic heterocycles. The third kappa shape index (κ3) is 35.3. The number of rotatable bonds is 40. The Morgan fingerprint density at radius 2 is 0.816 bits per heavy atom. The van der Waals surface area contributed by atoms with E-state index in [0.29, 0.717) is 12.8 Å². The Bertz CT molecular complexity index is 684. The Kier molecular flexibility index (Phi) is 39.1. The number of carbonyl (C=O) groups is 1. The summed E-state index contributed by atoms with van der Waals surface area (Å²) in [5, 5.41) is 33.3. The number of allylic oxidation sites excluding steroid dienone is 2. The molecule has 0 aromatic carbocycles. The highest BCUT2D eigenvalue weighted by Gasteiger charge is 2.26. The molecule has 292 valence electrons. The SMILES string of the molecule is CCCCCCC/C=C/CCCC(O)C(O)C(CO)NC(=O)CCCCCCCCCCCCCCCCCCCCCCCCCCC. The average Bonchev–Trinajstić information content (AvgIpc) is 3.10. The van der Waals surface area contributed by atoms with Crippen LogP contribution in [0.25, 0.3) is 0 Å². The number of amides is 1. The van der Waals surface area contributed by atoms with E-state index in [1.165, 1.54) is 173 Å². The Morgan fingerprint density at radius 1 is 0.490 bits per heavy atom. The van der Waals surface area contributed by atoms with Gasteiger partial charge in [0.15, 0.2) is 0 Å². The zero-order chi connectivity index (χ0) is 35.9. The van der Waals surface area contributed by atoms with Crippen molar-refractivity contribution >= 4 is 5.91 Å². The van der Waals surface area contributed by atoms with Gasteiger partial charge in [-0.3, -0.25) is 4.79 Å². The van der Waals surface area contributed by atoms with Gasteiger partial charge in [-0.15, -0.1) is 0 Å². The molecule has 49 heavy (non-hydrogen) atoms. The molecule has 0 bridgehead atoms. The number of aliphatic hydroxyl groups excluding tert-OH is 3. The maximum atomic E-state index is 12.4. The van der Waals surface area contributed by atoms with Gasteiger partial charge in [-0.05, 0) is 38.5 Å². The van der Waals surface area contributed by atoms with Crippen LogP contribution in [0.2, 0.25) is 0 Å². The molecule has 0 aromatic rings. The van der Waals surface area contributed by atoms with Crippen LogP contribution in [0.5, 0.6) is 0 Å². The first-order valence-electron chi connectivity index (χ1n) is 22.0. The number of hydrogen-bond donors (Lipinski definition) is 4. The molecule has 0 fully saturated rings. The summed E-state index contributed by atoms with van der Waals surface area (Å²) in [5.74, 6) is -0.152. The molecule has 3 unspecified atom stereocenters. The third-order valence-electron chi connectivity index (χ3n) is 10.4. The van der Waals surface area contributed by atoms with Crippen LogP contribution in [0.15, 0.2) is 12.2 Å². The van der Waals surface area contributed by atoms with E-state index in [9.17, 15) is 20.1 Å². The third-order valence-corrected chi connectivity index (χ3v) is 10.4. The second kappa shape index (κ2) is 39.9. The standard InChI is InChI=1S/C44H87NO4/c1-3-5-7-9-11-13-15-16-17-18-19-20-21-22-23-24-25-26-27-28-29-31-33-35-37-39-43(48)45-41(40-46)44(49)42(47)38-36-34-32-30-14-12-10-8-6-4-2/h30,32,41-42,44,46-47,49H,3-29,31,33-40H2,1-2H3,(H,45,48)/b32-30+. The molecular formula is C44H87NO4. The van der Waals surface area contributed by atoms with Crippen molar-refractivity contribution in [3.63, 3.8) is 0 Å². The van der Waals surface area contributed by atoms with Crippen molar-refractivity contribution in [3.05, 3.63) is 12.2 Å². The molecule has 0 aliphatic rings. The smallest absolute Gasteiger partial charge is 0.220 e. The maximum absolute atomic E-state index is 12.4. The van der Waals surface area contributed by atoms with Crippen LogP contribution in [-0.2, 0) is 4.79 Å². The van der Waals surface area contributed by atoms with Crippen LogP contribution in [0.1, 0.15) is 239 Å². The normalized spacial score (nSPS) is 13.7. The van der Waals surface area contributed by atoms with E-state index in [1.807, 2.05) is 0 Å². The molecule has 0 saturated carbocycles. The van der Waals surface area contributed by atoms with Gasteiger partial charge in [-0.2, -0.15) is 0 Å². The van der Waals surface area contributed by atoms with Crippen molar-refractivity contribution in [1.29, 1.82) is 0 Å². The highest BCUT2D eigenvalue weighted by molar-refractivity contribution is 5.76. The lowest BCUT2D eigenvalue weighted by atomic mass is 10.0. The fraction of sp³-hybridized carbons (Fsp3) is 0.932. The molecule has 5 heteroatoms. The minimum atomic E-state index is -1.15. The fourth-order valence-corrected chi connectivity index (χ4v) is 6.93. The second-order valence-corrected chi connectivity index (χ2v) is 15.3. The number of aliphatic hydroxyl groups is 3. The zero-order valence-electron chi connectivity index (χ0n) is 33.1. The Labute approximate surface area is 306 Å². The summed E-state index contributed by atoms with van der Waals surface area (Å²) >= 11 is 0. The quantitative estimate of drug-likeness (QED) is 0.0380. The largest absolute Gasteiger partial charge is 0.394 e. The van der Waals surface area contributed by atoms with Gasteiger partial charge >= 0.3 is 0 Å². The summed E-state index contributed by atoms with van der Waals surface area (Å²) in [6.45, 7) is 4.15. The topological polar surface area (TPSA) is 89.8 Å². The van der Waals surface area contributed by atoms with Crippen LogP contribution in [0.4, 0.5) is 0 Å². The molecule has 0 heterocycles. The van der Waals surface area contributed by atoms with Gasteiger partial charge in [0.25, 0.3) is 0 Å². The lowest BCUT2D eigenvalue weighted by Crippen LogP contribution is -2.50. The van der Waals surface area contributed by atoms with Gasteiger partial charge in [-0.25, -0.2) is 0 Å². The molecule has 4 N–H and O–H groups in total. The van der Waals surface area contributed by atoms with E-state index in [-0.39, 0.29) is 12.5 Å². The van der Waals surface area contributed by atoms with Crippen molar-refractivity contribution in [3.8, 4) is 0 Å². The summed E-state index contributed by atoms with van der Waals surface area (Å²) in [6, 6.07) is -0.819. The van der Waals surface area contributed by atoms with Gasteiger partial charge in [0.1, 0.15) is 6.10 Å². The van der Waals surface area contributed by atoms with E-state index in [1.54, 1.807) is 0 Å². The van der Waals surface area contributed by atoms with Crippen molar-refractivity contribution in [2.75, 3.05) is 6.61 Å². The summed E-state index contributed by atoms with van der Waals surface area (Å²) < 4.78 is 0. The Hall–Kier alpha value is -0.910. The van der Waals surface area contributed by atoms with Gasteiger partial charge in [0.2, 0.25) is 5.91 Å². The van der Waals surface area contributed by atoms with Gasteiger partial charge in [0, 0.05) is 6.42 Å². The molecule has 0 saturated heterocycles. The lowest BCUT2D eigenvalue weighted by molar-refractivity contribution is -0.124. The molecule has 5 nitrogen and oxygen atoms in total. The van der Waals surface area contributed by atoms with Crippen LogP contribution in [0.3, 0.4) is 0 Å². The summed E-state index contributed by atoms with van der Waals surface area (Å²) in [6.07, 6.45) is 46.3. The summed E-state index contributed by atoms with van der Waals surface area (Å²) in [4.78, 5) is 12.4. The van der Waals surface area contributed by atoms with Crippen molar-refractivity contribution in [2.24, 2.45) is 0 Å². The van der Waals surface area contributed by atoms with Crippen LogP contribution >= 0.6 is 0 Å². The summed E-state index contributed by atoms with van der Waals surface area (Å²) in [5.41, 5.74) is 0. The van der Waals surface area contributed by atoms with Gasteiger partial charge in [0.05, 0.1) is 18.8 Å². The first-order valence-corrected chi connectivity index (χ1v) is 22.0. The van der Waals surface area contributed by atoms with Gasteiger partial charge < -0.3 is 20.6 Å². The number of unbranched alkanes of at least 4 members (excludes halogenated alkanes) is 30. The monoisotopic (exact) mass is 694 g/mol.